The number of amides is 3. The molecule has 1 unspecified atom stereocenters. The van der Waals surface area contributed by atoms with Crippen LogP contribution in [0, 0.1) is 5.92 Å². The Morgan fingerprint density at radius 3 is 2.25 bits per heavy atom. The van der Waals surface area contributed by atoms with Gasteiger partial charge in [0.25, 0.3) is 5.91 Å². The number of nitrogens with one attached hydrogen (secondary N) is 2. The second-order valence-electron chi connectivity index (χ2n) is 7.27. The van der Waals surface area contributed by atoms with E-state index in [0.29, 0.717) is 12.3 Å². The SMILES string of the molecule is CN(C(=O)OC(C)(C)C)C(CC1CCCCC1)C(=O)NNC(=O)O. The van der Waals surface area contributed by atoms with Gasteiger partial charge < -0.3 is 9.84 Å². The van der Waals surface area contributed by atoms with Crippen LogP contribution < -0.4 is 10.9 Å². The number of likely N-dealkylation sites (N-methyl/N-ethyl adjacent to an activating group) is 1. The summed E-state index contributed by atoms with van der Waals surface area (Å²) in [6.45, 7) is 5.25. The van der Waals surface area contributed by atoms with Crippen molar-refractivity contribution in [2.75, 3.05) is 7.05 Å². The highest BCUT2D eigenvalue weighted by atomic mass is 16.6. The first-order valence-corrected chi connectivity index (χ1v) is 8.34. The van der Waals surface area contributed by atoms with E-state index in [1.807, 2.05) is 5.43 Å². The Hall–Kier alpha value is -1.99. The molecule has 8 heteroatoms. The molecule has 0 spiro atoms. The summed E-state index contributed by atoms with van der Waals surface area (Å²) < 4.78 is 5.32. The molecule has 0 saturated heterocycles. The first kappa shape index (κ1) is 20.1. The van der Waals surface area contributed by atoms with Gasteiger partial charge >= 0.3 is 12.2 Å². The van der Waals surface area contributed by atoms with Gasteiger partial charge in [-0.25, -0.2) is 15.0 Å². The molecule has 1 aliphatic rings. The molecule has 3 amide bonds. The third-order valence-electron chi connectivity index (χ3n) is 4.03. The molecule has 1 atom stereocenters. The summed E-state index contributed by atoms with van der Waals surface area (Å²) in [7, 11) is 1.50. The average molecular weight is 343 g/mol. The molecule has 8 nitrogen and oxygen atoms in total. The van der Waals surface area contributed by atoms with Crippen molar-refractivity contribution in [2.24, 2.45) is 5.92 Å². The van der Waals surface area contributed by atoms with Gasteiger partial charge in [-0.1, -0.05) is 32.1 Å². The van der Waals surface area contributed by atoms with Crippen molar-refractivity contribution in [3.8, 4) is 0 Å². The van der Waals surface area contributed by atoms with E-state index in [2.05, 4.69) is 5.43 Å². The zero-order valence-corrected chi connectivity index (χ0v) is 14.9. The van der Waals surface area contributed by atoms with Crippen molar-refractivity contribution >= 4 is 18.1 Å². The largest absolute Gasteiger partial charge is 0.464 e. The van der Waals surface area contributed by atoms with Crippen LogP contribution >= 0.6 is 0 Å². The summed E-state index contributed by atoms with van der Waals surface area (Å²) in [6, 6.07) is -0.783. The van der Waals surface area contributed by atoms with Crippen molar-refractivity contribution in [3.05, 3.63) is 0 Å². The molecular weight excluding hydrogens is 314 g/mol. The second kappa shape index (κ2) is 8.75. The van der Waals surface area contributed by atoms with Crippen LogP contribution in [0.4, 0.5) is 9.59 Å². The van der Waals surface area contributed by atoms with Gasteiger partial charge in [-0.05, 0) is 33.1 Å². The van der Waals surface area contributed by atoms with Crippen LogP contribution in [0.1, 0.15) is 59.3 Å². The number of hydrazine groups is 1. The van der Waals surface area contributed by atoms with Crippen LogP contribution in [0.2, 0.25) is 0 Å². The summed E-state index contributed by atoms with van der Waals surface area (Å²) in [6.07, 6.45) is 3.97. The Morgan fingerprint density at radius 1 is 1.17 bits per heavy atom. The monoisotopic (exact) mass is 343 g/mol. The highest BCUT2D eigenvalue weighted by Gasteiger charge is 2.32. The fourth-order valence-electron chi connectivity index (χ4n) is 2.84. The molecule has 1 saturated carbocycles. The first-order valence-electron chi connectivity index (χ1n) is 8.34. The van der Waals surface area contributed by atoms with Crippen LogP contribution in [0.3, 0.4) is 0 Å². The molecule has 0 aromatic carbocycles. The maximum absolute atomic E-state index is 12.3. The molecule has 1 rings (SSSR count). The van der Waals surface area contributed by atoms with E-state index in [4.69, 9.17) is 9.84 Å². The minimum Gasteiger partial charge on any atom is -0.464 e. The number of carbonyl (C=O) groups excluding carboxylic acids is 2. The molecule has 0 bridgehead atoms. The molecule has 0 radical (unpaired) electrons. The van der Waals surface area contributed by atoms with Crippen LogP contribution in [-0.2, 0) is 9.53 Å². The third-order valence-corrected chi connectivity index (χ3v) is 4.03. The van der Waals surface area contributed by atoms with E-state index in [1.54, 1.807) is 20.8 Å². The number of hydrogen-bond donors (Lipinski definition) is 3. The van der Waals surface area contributed by atoms with Gasteiger partial charge in [-0.15, -0.1) is 0 Å². The molecule has 0 aliphatic heterocycles. The van der Waals surface area contributed by atoms with Crippen LogP contribution in [0.15, 0.2) is 0 Å². The third kappa shape index (κ3) is 7.06. The number of hydrogen-bond acceptors (Lipinski definition) is 4. The molecule has 138 valence electrons. The quantitative estimate of drug-likeness (QED) is 0.680. The Morgan fingerprint density at radius 2 is 1.75 bits per heavy atom. The van der Waals surface area contributed by atoms with Crippen molar-refractivity contribution in [3.63, 3.8) is 0 Å². The molecule has 0 aromatic heterocycles. The Bertz CT molecular complexity index is 455. The summed E-state index contributed by atoms with van der Waals surface area (Å²) in [4.78, 5) is 36.4. The first-order chi connectivity index (χ1) is 11.1. The van der Waals surface area contributed by atoms with Crippen molar-refractivity contribution in [1.82, 2.24) is 15.8 Å². The Kier molecular flexibility index (Phi) is 7.31. The summed E-state index contributed by atoms with van der Waals surface area (Å²) in [5.41, 5.74) is 3.31. The van der Waals surface area contributed by atoms with E-state index in [1.165, 1.54) is 18.4 Å². The van der Waals surface area contributed by atoms with Gasteiger partial charge in [-0.3, -0.25) is 15.1 Å². The topological polar surface area (TPSA) is 108 Å². The van der Waals surface area contributed by atoms with E-state index in [0.717, 1.165) is 25.7 Å². The van der Waals surface area contributed by atoms with Gasteiger partial charge in [0.05, 0.1) is 0 Å². The van der Waals surface area contributed by atoms with Gasteiger partial charge in [0.15, 0.2) is 0 Å². The standard InChI is InChI=1S/C16H29N3O5/c1-16(2,3)24-15(23)19(4)12(13(20)17-18-14(21)22)10-11-8-6-5-7-9-11/h11-12,18H,5-10H2,1-4H3,(H,17,20)(H,21,22). The zero-order valence-electron chi connectivity index (χ0n) is 14.9. The smallest absolute Gasteiger partial charge is 0.423 e. The lowest BCUT2D eigenvalue weighted by Gasteiger charge is -2.33. The Balaban J connectivity index is 2.79. The van der Waals surface area contributed by atoms with Gasteiger partial charge in [0.2, 0.25) is 0 Å². The Labute approximate surface area is 142 Å². The molecule has 24 heavy (non-hydrogen) atoms. The van der Waals surface area contributed by atoms with Crippen molar-refractivity contribution < 1.29 is 24.2 Å². The molecule has 0 aromatic rings. The van der Waals surface area contributed by atoms with Crippen LogP contribution in [0.25, 0.3) is 0 Å². The number of rotatable bonds is 4. The predicted octanol–water partition coefficient (Wildman–Crippen LogP) is 2.49. The summed E-state index contributed by atoms with van der Waals surface area (Å²) in [5, 5.41) is 8.64. The lowest BCUT2D eigenvalue weighted by atomic mass is 9.84. The number of ether oxygens (including phenoxy) is 1. The second-order valence-corrected chi connectivity index (χ2v) is 7.27. The predicted molar refractivity (Wildman–Crippen MR) is 88.3 cm³/mol. The maximum atomic E-state index is 12.3. The highest BCUT2D eigenvalue weighted by Crippen LogP contribution is 2.28. The van der Waals surface area contributed by atoms with Gasteiger partial charge in [0.1, 0.15) is 11.6 Å². The van der Waals surface area contributed by atoms with E-state index in [-0.39, 0.29) is 0 Å². The van der Waals surface area contributed by atoms with Crippen LogP contribution in [0.5, 0.6) is 0 Å². The number of carboxylic acid groups (broad SMARTS) is 1. The van der Waals surface area contributed by atoms with E-state index < -0.39 is 29.7 Å². The average Bonchev–Trinajstić information content (AvgIpc) is 2.49. The lowest BCUT2D eigenvalue weighted by Crippen LogP contribution is -2.53. The molecule has 0 heterocycles. The fourth-order valence-corrected chi connectivity index (χ4v) is 2.84. The lowest BCUT2D eigenvalue weighted by molar-refractivity contribution is -0.127. The highest BCUT2D eigenvalue weighted by molar-refractivity contribution is 5.86. The zero-order chi connectivity index (χ0) is 18.3. The maximum Gasteiger partial charge on any atom is 0.423 e. The van der Waals surface area contributed by atoms with Gasteiger partial charge in [-0.2, -0.15) is 0 Å². The van der Waals surface area contributed by atoms with Gasteiger partial charge in [0, 0.05) is 7.05 Å². The summed E-state index contributed by atoms with van der Waals surface area (Å²) >= 11 is 0. The molecule has 1 fully saturated rings. The minimum atomic E-state index is -1.36. The number of carbonyl (C=O) groups is 3. The van der Waals surface area contributed by atoms with Crippen molar-refractivity contribution in [2.45, 2.75) is 70.9 Å². The van der Waals surface area contributed by atoms with Crippen molar-refractivity contribution in [1.29, 1.82) is 0 Å². The fraction of sp³-hybridized carbons (Fsp3) is 0.812. The van der Waals surface area contributed by atoms with E-state index in [9.17, 15) is 14.4 Å². The summed E-state index contributed by atoms with van der Waals surface area (Å²) in [5.74, 6) is -0.222. The van der Waals surface area contributed by atoms with Crippen LogP contribution in [-0.4, -0.2) is 46.8 Å². The molecule has 3 N–H and O–H groups in total. The molecular formula is C16H29N3O5. The molecule has 1 aliphatic carbocycles. The normalized spacial score (nSPS) is 16.8. The van der Waals surface area contributed by atoms with E-state index >= 15 is 0 Å². The number of nitrogens with zero attached hydrogens (tertiary/aromatic N) is 1. The minimum absolute atomic E-state index is 0.337.